The third-order valence-corrected chi connectivity index (χ3v) is 3.68. The number of pyridine rings is 1. The lowest BCUT2D eigenvalue weighted by molar-refractivity contribution is 0.0593. The highest BCUT2D eigenvalue weighted by atomic mass is 35.5. The molecule has 124 valence electrons. The maximum absolute atomic E-state index is 11.7. The summed E-state index contributed by atoms with van der Waals surface area (Å²) in [5.74, 6) is -0.593. The number of nitrogen functional groups attached to an aromatic ring is 1. The van der Waals surface area contributed by atoms with Gasteiger partial charge in [0.2, 0.25) is 0 Å². The first-order chi connectivity index (χ1) is 10.8. The molecule has 0 aromatic carbocycles. The van der Waals surface area contributed by atoms with Crippen LogP contribution in [0.1, 0.15) is 16.1 Å². The number of esters is 1. The van der Waals surface area contributed by atoms with Crippen molar-refractivity contribution in [1.29, 1.82) is 0 Å². The number of hydrogen-bond acceptors (Lipinski definition) is 6. The fourth-order valence-corrected chi connectivity index (χ4v) is 2.09. The molecular formula is C15H18Cl2N4O2. The third-order valence-electron chi connectivity index (χ3n) is 2.93. The summed E-state index contributed by atoms with van der Waals surface area (Å²) < 4.78 is 4.67. The molecule has 0 unspecified atom stereocenters. The Morgan fingerprint density at radius 1 is 1.52 bits per heavy atom. The van der Waals surface area contributed by atoms with Crippen LogP contribution in [0.3, 0.4) is 0 Å². The van der Waals surface area contributed by atoms with E-state index in [-0.39, 0.29) is 23.1 Å². The van der Waals surface area contributed by atoms with E-state index in [4.69, 9.17) is 34.7 Å². The number of hydrogen-bond donors (Lipinski definition) is 3. The zero-order valence-electron chi connectivity index (χ0n) is 12.8. The molecule has 8 heteroatoms. The number of aromatic nitrogens is 1. The molecule has 6 nitrogen and oxygen atoms in total. The first-order valence-corrected chi connectivity index (χ1v) is 7.30. The second kappa shape index (κ2) is 8.45. The second-order valence-corrected chi connectivity index (χ2v) is 5.26. The first kappa shape index (κ1) is 18.9. The van der Waals surface area contributed by atoms with E-state index in [0.29, 0.717) is 22.0 Å². The van der Waals surface area contributed by atoms with Gasteiger partial charge in [0, 0.05) is 11.3 Å². The summed E-state index contributed by atoms with van der Waals surface area (Å²) in [6.45, 7) is 5.42. The van der Waals surface area contributed by atoms with E-state index >= 15 is 0 Å². The van der Waals surface area contributed by atoms with Crippen LogP contribution in [0.5, 0.6) is 0 Å². The Labute approximate surface area is 144 Å². The number of anilines is 2. The number of carbonyl (C=O) groups excluding carboxylic acids is 1. The van der Waals surface area contributed by atoms with E-state index < -0.39 is 5.97 Å². The number of rotatable bonds is 6. The lowest BCUT2D eigenvalue weighted by atomic mass is 10.1. The SMILES string of the molecule is C=C/C=C\C(Cl)=C(/N)CNc1c(C)c(C(=O)OC)nc(N)c1Cl. The van der Waals surface area contributed by atoms with Gasteiger partial charge in [-0.05, 0) is 13.0 Å². The average Bonchev–Trinajstić information content (AvgIpc) is 2.54. The van der Waals surface area contributed by atoms with Crippen LogP contribution in [0.2, 0.25) is 5.02 Å². The molecule has 0 aliphatic carbocycles. The summed E-state index contributed by atoms with van der Waals surface area (Å²) in [6.07, 6.45) is 4.85. The van der Waals surface area contributed by atoms with Crippen molar-refractivity contribution in [2.45, 2.75) is 6.92 Å². The number of methoxy groups -OCH3 is 1. The maximum atomic E-state index is 11.7. The highest BCUT2D eigenvalue weighted by Crippen LogP contribution is 2.32. The van der Waals surface area contributed by atoms with Crippen LogP contribution in [-0.2, 0) is 4.74 Å². The Kier molecular flexibility index (Phi) is 6.93. The molecule has 5 N–H and O–H groups in total. The van der Waals surface area contributed by atoms with Crippen LogP contribution in [-0.4, -0.2) is 24.6 Å². The van der Waals surface area contributed by atoms with Gasteiger partial charge in [0.05, 0.1) is 24.4 Å². The molecular weight excluding hydrogens is 339 g/mol. The van der Waals surface area contributed by atoms with E-state index in [1.165, 1.54) is 7.11 Å². The van der Waals surface area contributed by atoms with E-state index in [1.54, 1.807) is 25.2 Å². The van der Waals surface area contributed by atoms with E-state index in [2.05, 4.69) is 21.6 Å². The van der Waals surface area contributed by atoms with Crippen molar-refractivity contribution >= 4 is 40.7 Å². The Morgan fingerprint density at radius 2 is 2.17 bits per heavy atom. The van der Waals surface area contributed by atoms with Crippen molar-refractivity contribution in [2.75, 3.05) is 24.7 Å². The standard InChI is InChI=1S/C15H18Cl2N4O2/c1-4-5-6-9(16)10(18)7-20-12-8(2)13(15(22)23-3)21-14(19)11(12)17/h4-6H,1,7,18H2,2-3H3,(H3,19,20,21)/b6-5-,10-9+. The zero-order chi connectivity index (χ0) is 17.6. The number of carbonyl (C=O) groups is 1. The van der Waals surface area contributed by atoms with Crippen LogP contribution in [0, 0.1) is 6.92 Å². The Hall–Kier alpha value is -2.18. The number of halogens is 2. The second-order valence-electron chi connectivity index (χ2n) is 4.47. The van der Waals surface area contributed by atoms with Crippen molar-refractivity contribution in [3.63, 3.8) is 0 Å². The molecule has 0 spiro atoms. The highest BCUT2D eigenvalue weighted by Gasteiger charge is 2.19. The summed E-state index contributed by atoms with van der Waals surface area (Å²) in [7, 11) is 1.26. The smallest absolute Gasteiger partial charge is 0.357 e. The molecule has 0 saturated carbocycles. The Balaban J connectivity index is 3.14. The van der Waals surface area contributed by atoms with Gasteiger partial charge < -0.3 is 21.5 Å². The zero-order valence-corrected chi connectivity index (χ0v) is 14.3. The molecule has 1 rings (SSSR count). The molecule has 0 saturated heterocycles. The van der Waals surface area contributed by atoms with Gasteiger partial charge in [-0.3, -0.25) is 0 Å². The fraction of sp³-hybridized carbons (Fsp3) is 0.200. The number of nitrogens with zero attached hydrogens (tertiary/aromatic N) is 1. The van der Waals surface area contributed by atoms with Gasteiger partial charge >= 0.3 is 5.97 Å². The fourth-order valence-electron chi connectivity index (χ4n) is 1.70. The van der Waals surface area contributed by atoms with Gasteiger partial charge in [-0.2, -0.15) is 0 Å². The van der Waals surface area contributed by atoms with Gasteiger partial charge in [-0.25, -0.2) is 9.78 Å². The molecule has 0 atom stereocenters. The van der Waals surface area contributed by atoms with Crippen LogP contribution < -0.4 is 16.8 Å². The predicted octanol–water partition coefficient (Wildman–Crippen LogP) is 2.98. The molecule has 23 heavy (non-hydrogen) atoms. The number of nitrogens with one attached hydrogen (secondary N) is 1. The van der Waals surface area contributed by atoms with Crippen molar-refractivity contribution in [2.24, 2.45) is 5.73 Å². The maximum Gasteiger partial charge on any atom is 0.357 e. The lowest BCUT2D eigenvalue weighted by Gasteiger charge is -2.15. The van der Waals surface area contributed by atoms with Gasteiger partial charge in [-0.1, -0.05) is 41.9 Å². The average molecular weight is 357 g/mol. The van der Waals surface area contributed by atoms with Crippen molar-refractivity contribution in [3.8, 4) is 0 Å². The van der Waals surface area contributed by atoms with E-state index in [1.807, 2.05) is 0 Å². The van der Waals surface area contributed by atoms with E-state index in [0.717, 1.165) is 0 Å². The van der Waals surface area contributed by atoms with Gasteiger partial charge in [0.15, 0.2) is 5.69 Å². The van der Waals surface area contributed by atoms with Crippen molar-refractivity contribution < 1.29 is 9.53 Å². The van der Waals surface area contributed by atoms with Gasteiger partial charge in [0.25, 0.3) is 0 Å². The van der Waals surface area contributed by atoms with Crippen LogP contribution >= 0.6 is 23.2 Å². The minimum atomic E-state index is -0.607. The van der Waals surface area contributed by atoms with Crippen LogP contribution in [0.15, 0.2) is 35.5 Å². The molecule has 0 aliphatic rings. The number of allylic oxidation sites excluding steroid dienone is 4. The van der Waals surface area contributed by atoms with Gasteiger partial charge in [-0.15, -0.1) is 0 Å². The summed E-state index contributed by atoms with van der Waals surface area (Å²) in [5, 5.41) is 3.57. The van der Waals surface area contributed by atoms with Crippen LogP contribution in [0.4, 0.5) is 11.5 Å². The summed E-state index contributed by atoms with van der Waals surface area (Å²) >= 11 is 12.2. The first-order valence-electron chi connectivity index (χ1n) is 6.54. The molecule has 1 heterocycles. The minimum Gasteiger partial charge on any atom is -0.464 e. The normalized spacial score (nSPS) is 12.0. The highest BCUT2D eigenvalue weighted by molar-refractivity contribution is 6.35. The molecule has 0 aliphatic heterocycles. The molecule has 0 bridgehead atoms. The molecule has 0 radical (unpaired) electrons. The minimum absolute atomic E-state index is 0.0142. The van der Waals surface area contributed by atoms with Crippen molar-refractivity contribution in [1.82, 2.24) is 4.98 Å². The molecule has 0 fully saturated rings. The molecule has 1 aromatic rings. The molecule has 1 aromatic heterocycles. The largest absolute Gasteiger partial charge is 0.464 e. The van der Waals surface area contributed by atoms with E-state index in [9.17, 15) is 4.79 Å². The lowest BCUT2D eigenvalue weighted by Crippen LogP contribution is -2.17. The van der Waals surface area contributed by atoms with Crippen LogP contribution in [0.25, 0.3) is 0 Å². The molecule has 0 amide bonds. The topological polar surface area (TPSA) is 103 Å². The quantitative estimate of drug-likeness (QED) is 0.534. The Bertz CT molecular complexity index is 685. The monoisotopic (exact) mass is 356 g/mol. The summed E-state index contributed by atoms with van der Waals surface area (Å²) in [4.78, 5) is 15.7. The van der Waals surface area contributed by atoms with Crippen molar-refractivity contribution in [3.05, 3.63) is 51.8 Å². The summed E-state index contributed by atoms with van der Waals surface area (Å²) in [6, 6.07) is 0. The predicted molar refractivity (Wildman–Crippen MR) is 94.6 cm³/mol. The van der Waals surface area contributed by atoms with Gasteiger partial charge in [0.1, 0.15) is 10.8 Å². The number of nitrogens with two attached hydrogens (primary N) is 2. The Morgan fingerprint density at radius 3 is 2.74 bits per heavy atom. The summed E-state index contributed by atoms with van der Waals surface area (Å²) in [5.41, 5.74) is 13.0. The number of ether oxygens (including phenoxy) is 1. The third kappa shape index (κ3) is 4.64.